The van der Waals surface area contributed by atoms with Gasteiger partial charge in [0, 0.05) is 36.5 Å². The summed E-state index contributed by atoms with van der Waals surface area (Å²) in [5, 5.41) is 10.0. The molecule has 15 heavy (non-hydrogen) atoms. The standard InChI is InChI=1S/C11H16BrNO2/c1-11(14,5-6-15-2)7-10-4-3-9(12)8-13-10/h3-4,8,14H,5-7H2,1-2H3. The summed E-state index contributed by atoms with van der Waals surface area (Å²) in [5.41, 5.74) is 0.135. The van der Waals surface area contributed by atoms with Gasteiger partial charge in [0.25, 0.3) is 0 Å². The van der Waals surface area contributed by atoms with E-state index in [0.717, 1.165) is 10.2 Å². The van der Waals surface area contributed by atoms with Crippen molar-refractivity contribution in [2.75, 3.05) is 13.7 Å². The van der Waals surface area contributed by atoms with Crippen LogP contribution < -0.4 is 0 Å². The zero-order valence-corrected chi connectivity index (χ0v) is 10.6. The monoisotopic (exact) mass is 273 g/mol. The van der Waals surface area contributed by atoms with Crippen molar-refractivity contribution in [3.63, 3.8) is 0 Å². The summed E-state index contributed by atoms with van der Waals surface area (Å²) < 4.78 is 5.89. The second-order valence-corrected chi connectivity index (χ2v) is 4.80. The van der Waals surface area contributed by atoms with Crippen molar-refractivity contribution in [1.29, 1.82) is 0 Å². The lowest BCUT2D eigenvalue weighted by Crippen LogP contribution is -2.29. The number of rotatable bonds is 5. The first-order valence-electron chi connectivity index (χ1n) is 4.85. The maximum absolute atomic E-state index is 10.0. The molecule has 0 aromatic carbocycles. The van der Waals surface area contributed by atoms with Crippen molar-refractivity contribution >= 4 is 15.9 Å². The quantitative estimate of drug-likeness (QED) is 0.894. The Balaban J connectivity index is 2.56. The van der Waals surface area contributed by atoms with Crippen molar-refractivity contribution in [3.05, 3.63) is 28.5 Å². The zero-order chi connectivity index (χ0) is 11.3. The number of methoxy groups -OCH3 is 1. The highest BCUT2D eigenvalue weighted by Crippen LogP contribution is 2.17. The predicted octanol–water partition coefficient (Wildman–Crippen LogP) is 2.17. The van der Waals surface area contributed by atoms with Gasteiger partial charge >= 0.3 is 0 Å². The fourth-order valence-electron chi connectivity index (χ4n) is 1.31. The van der Waals surface area contributed by atoms with E-state index in [-0.39, 0.29) is 0 Å². The van der Waals surface area contributed by atoms with Crippen LogP contribution in [0.3, 0.4) is 0 Å². The minimum absolute atomic E-state index is 0.545. The summed E-state index contributed by atoms with van der Waals surface area (Å²) in [5.74, 6) is 0. The van der Waals surface area contributed by atoms with Gasteiger partial charge in [-0.1, -0.05) is 0 Å². The van der Waals surface area contributed by atoms with E-state index in [4.69, 9.17) is 4.74 Å². The molecule has 4 heteroatoms. The molecule has 0 amide bonds. The third-order valence-corrected chi connectivity index (χ3v) is 2.66. The Bertz CT molecular complexity index is 298. The second-order valence-electron chi connectivity index (χ2n) is 3.88. The zero-order valence-electron chi connectivity index (χ0n) is 9.03. The number of halogens is 1. The molecular weight excluding hydrogens is 258 g/mol. The van der Waals surface area contributed by atoms with E-state index in [1.165, 1.54) is 0 Å². The van der Waals surface area contributed by atoms with Crippen molar-refractivity contribution in [2.24, 2.45) is 0 Å². The maximum Gasteiger partial charge on any atom is 0.0696 e. The van der Waals surface area contributed by atoms with E-state index in [0.29, 0.717) is 19.4 Å². The van der Waals surface area contributed by atoms with Crippen LogP contribution in [0.2, 0.25) is 0 Å². The van der Waals surface area contributed by atoms with Crippen LogP contribution in [-0.2, 0) is 11.2 Å². The summed E-state index contributed by atoms with van der Waals surface area (Å²) in [6.07, 6.45) is 2.90. The highest BCUT2D eigenvalue weighted by molar-refractivity contribution is 9.10. The van der Waals surface area contributed by atoms with Gasteiger partial charge in [-0.05, 0) is 41.4 Å². The van der Waals surface area contributed by atoms with Gasteiger partial charge in [0.1, 0.15) is 0 Å². The van der Waals surface area contributed by atoms with Gasteiger partial charge < -0.3 is 9.84 Å². The smallest absolute Gasteiger partial charge is 0.0696 e. The Kier molecular flexibility index (Phi) is 4.70. The van der Waals surface area contributed by atoms with E-state index in [1.807, 2.05) is 12.1 Å². The largest absolute Gasteiger partial charge is 0.390 e. The number of nitrogens with zero attached hydrogens (tertiary/aromatic N) is 1. The van der Waals surface area contributed by atoms with Gasteiger partial charge in [0.05, 0.1) is 5.60 Å². The van der Waals surface area contributed by atoms with E-state index < -0.39 is 5.60 Å². The lowest BCUT2D eigenvalue weighted by atomic mass is 9.96. The van der Waals surface area contributed by atoms with Gasteiger partial charge in [-0.2, -0.15) is 0 Å². The number of ether oxygens (including phenoxy) is 1. The molecule has 3 nitrogen and oxygen atoms in total. The van der Waals surface area contributed by atoms with E-state index in [9.17, 15) is 5.11 Å². The summed E-state index contributed by atoms with van der Waals surface area (Å²) in [4.78, 5) is 4.22. The summed E-state index contributed by atoms with van der Waals surface area (Å²) >= 11 is 3.32. The number of aromatic nitrogens is 1. The van der Waals surface area contributed by atoms with Crippen molar-refractivity contribution in [2.45, 2.75) is 25.4 Å². The highest BCUT2D eigenvalue weighted by Gasteiger charge is 2.21. The van der Waals surface area contributed by atoms with Crippen LogP contribution in [-0.4, -0.2) is 29.4 Å². The number of pyridine rings is 1. The van der Waals surface area contributed by atoms with Crippen molar-refractivity contribution < 1.29 is 9.84 Å². The Hall–Kier alpha value is -0.450. The van der Waals surface area contributed by atoms with Gasteiger partial charge in [0.2, 0.25) is 0 Å². The molecule has 0 aliphatic heterocycles. The van der Waals surface area contributed by atoms with Crippen LogP contribution in [0.25, 0.3) is 0 Å². The van der Waals surface area contributed by atoms with Crippen LogP contribution in [0, 0.1) is 0 Å². The molecule has 0 fully saturated rings. The minimum atomic E-state index is -0.753. The van der Waals surface area contributed by atoms with E-state index in [2.05, 4.69) is 20.9 Å². The molecular formula is C11H16BrNO2. The van der Waals surface area contributed by atoms with Crippen LogP contribution in [0.1, 0.15) is 19.0 Å². The molecule has 1 rings (SSSR count). The molecule has 0 radical (unpaired) electrons. The molecule has 0 spiro atoms. The summed E-state index contributed by atoms with van der Waals surface area (Å²) in [6.45, 7) is 2.36. The van der Waals surface area contributed by atoms with Crippen LogP contribution in [0.4, 0.5) is 0 Å². The molecule has 0 aliphatic carbocycles. The first kappa shape index (κ1) is 12.6. The Morgan fingerprint density at radius 3 is 2.80 bits per heavy atom. The predicted molar refractivity (Wildman–Crippen MR) is 62.8 cm³/mol. The molecule has 1 unspecified atom stereocenters. The van der Waals surface area contributed by atoms with Gasteiger partial charge in [-0.25, -0.2) is 0 Å². The molecule has 1 heterocycles. The van der Waals surface area contributed by atoms with Gasteiger partial charge in [-0.15, -0.1) is 0 Å². The van der Waals surface area contributed by atoms with Crippen LogP contribution in [0.15, 0.2) is 22.8 Å². The van der Waals surface area contributed by atoms with Gasteiger partial charge in [-0.3, -0.25) is 4.98 Å². The van der Waals surface area contributed by atoms with Gasteiger partial charge in [0.15, 0.2) is 0 Å². The normalized spacial score (nSPS) is 14.9. The molecule has 0 saturated carbocycles. The van der Waals surface area contributed by atoms with Crippen LogP contribution in [0.5, 0.6) is 0 Å². The topological polar surface area (TPSA) is 42.4 Å². The Morgan fingerprint density at radius 2 is 2.27 bits per heavy atom. The van der Waals surface area contributed by atoms with Crippen molar-refractivity contribution in [1.82, 2.24) is 4.98 Å². The minimum Gasteiger partial charge on any atom is -0.390 e. The molecule has 1 aromatic heterocycles. The Labute approximate surface area is 98.6 Å². The fraction of sp³-hybridized carbons (Fsp3) is 0.545. The molecule has 1 N–H and O–H groups in total. The van der Waals surface area contributed by atoms with Crippen LogP contribution >= 0.6 is 15.9 Å². The third-order valence-electron chi connectivity index (χ3n) is 2.20. The highest BCUT2D eigenvalue weighted by atomic mass is 79.9. The van der Waals surface area contributed by atoms with Crippen molar-refractivity contribution in [3.8, 4) is 0 Å². The lowest BCUT2D eigenvalue weighted by molar-refractivity contribution is 0.0242. The molecule has 0 aliphatic rings. The Morgan fingerprint density at radius 1 is 1.53 bits per heavy atom. The molecule has 84 valence electrons. The first-order chi connectivity index (χ1) is 7.03. The second kappa shape index (κ2) is 5.58. The molecule has 0 saturated heterocycles. The van der Waals surface area contributed by atoms with E-state index >= 15 is 0 Å². The summed E-state index contributed by atoms with van der Waals surface area (Å²) in [7, 11) is 1.63. The maximum atomic E-state index is 10.0. The number of aliphatic hydroxyl groups is 1. The third kappa shape index (κ3) is 4.73. The average Bonchev–Trinajstić information content (AvgIpc) is 2.18. The number of hydrogen-bond acceptors (Lipinski definition) is 3. The SMILES string of the molecule is COCCC(C)(O)Cc1ccc(Br)cn1. The molecule has 1 aromatic rings. The number of hydrogen-bond donors (Lipinski definition) is 1. The average molecular weight is 274 g/mol. The molecule has 1 atom stereocenters. The van der Waals surface area contributed by atoms with E-state index in [1.54, 1.807) is 20.2 Å². The summed E-state index contributed by atoms with van der Waals surface area (Å²) in [6, 6.07) is 3.83. The fourth-order valence-corrected chi connectivity index (χ4v) is 1.55. The lowest BCUT2D eigenvalue weighted by Gasteiger charge is -2.22. The first-order valence-corrected chi connectivity index (χ1v) is 5.64. The molecule has 0 bridgehead atoms.